The van der Waals surface area contributed by atoms with Crippen molar-refractivity contribution < 1.29 is 4.79 Å². The van der Waals surface area contributed by atoms with Gasteiger partial charge in [0.25, 0.3) is 0 Å². The third-order valence-corrected chi connectivity index (χ3v) is 5.85. The summed E-state index contributed by atoms with van der Waals surface area (Å²) < 4.78 is 4.01. The Morgan fingerprint density at radius 3 is 2.54 bits per heavy atom. The Morgan fingerprint density at radius 1 is 1.21 bits per heavy atom. The molecule has 7 heteroatoms. The Balaban J connectivity index is 1.80. The van der Waals surface area contributed by atoms with Crippen LogP contribution in [0.15, 0.2) is 66.1 Å². The maximum atomic E-state index is 12.6. The van der Waals surface area contributed by atoms with E-state index in [1.54, 1.807) is 46.8 Å². The molecule has 1 heterocycles. The molecule has 144 valence electrons. The van der Waals surface area contributed by atoms with Crippen LogP contribution in [0.25, 0.3) is 0 Å². The number of aromatic nitrogens is 3. The highest BCUT2D eigenvalue weighted by atomic mass is 35.5. The van der Waals surface area contributed by atoms with Gasteiger partial charge in [0.05, 0.1) is 5.75 Å². The average molecular weight is 430 g/mol. The lowest BCUT2D eigenvalue weighted by Gasteiger charge is -2.04. The lowest BCUT2D eigenvalue weighted by Crippen LogP contribution is -2.12. The predicted octanol–water partition coefficient (Wildman–Crippen LogP) is 5.74. The molecule has 28 heavy (non-hydrogen) atoms. The fourth-order valence-corrected chi connectivity index (χ4v) is 3.90. The van der Waals surface area contributed by atoms with Crippen LogP contribution in [-0.2, 0) is 18.8 Å². The van der Waals surface area contributed by atoms with Gasteiger partial charge in [0.1, 0.15) is 12.4 Å². The summed E-state index contributed by atoms with van der Waals surface area (Å²) in [5.41, 5.74) is 1.81. The maximum absolute atomic E-state index is 12.6. The van der Waals surface area contributed by atoms with E-state index in [-0.39, 0.29) is 12.3 Å². The number of nitrogens with zero attached hydrogens (tertiary/aromatic N) is 3. The summed E-state index contributed by atoms with van der Waals surface area (Å²) >= 11 is 13.1. The smallest absolute Gasteiger partial charge is 0.198 e. The number of carbonyl (C=O) groups is 1. The number of thioether (sulfide) groups is 1. The Morgan fingerprint density at radius 2 is 1.89 bits per heavy atom. The molecule has 4 nitrogen and oxygen atoms in total. The summed E-state index contributed by atoms with van der Waals surface area (Å²) in [4.78, 5) is 13.7. The summed E-state index contributed by atoms with van der Waals surface area (Å²) in [5, 5.41) is 5.20. The third kappa shape index (κ3) is 5.01. The molecule has 0 saturated carbocycles. The van der Waals surface area contributed by atoms with Crippen LogP contribution in [0.4, 0.5) is 0 Å². The van der Waals surface area contributed by atoms with Crippen molar-refractivity contribution in [3.8, 4) is 0 Å². The largest absolute Gasteiger partial charge is 0.299 e. The van der Waals surface area contributed by atoms with Gasteiger partial charge in [0.15, 0.2) is 10.6 Å². The maximum Gasteiger partial charge on any atom is 0.198 e. The minimum absolute atomic E-state index is 0.0613. The van der Waals surface area contributed by atoms with Gasteiger partial charge in [-0.2, -0.15) is 5.10 Å². The van der Waals surface area contributed by atoms with Crippen LogP contribution < -0.4 is 0 Å². The quantitative estimate of drug-likeness (QED) is 0.198. The minimum Gasteiger partial charge on any atom is -0.299 e. The molecule has 3 rings (SSSR count). The average Bonchev–Trinajstić information content (AvgIpc) is 2.97. The van der Waals surface area contributed by atoms with Gasteiger partial charge in [0.2, 0.25) is 0 Å². The van der Waals surface area contributed by atoms with Crippen molar-refractivity contribution in [3.05, 3.63) is 87.9 Å². The molecule has 0 bridgehead atoms. The van der Waals surface area contributed by atoms with E-state index in [0.717, 1.165) is 10.7 Å². The van der Waals surface area contributed by atoms with Crippen molar-refractivity contribution in [2.75, 3.05) is 0 Å². The van der Waals surface area contributed by atoms with Gasteiger partial charge in [-0.05, 0) is 55.5 Å². The number of Topliss-reactive ketones (excluding diaryl/α,β-unsaturated/α-hetero) is 1. The van der Waals surface area contributed by atoms with Crippen molar-refractivity contribution in [2.24, 2.45) is 0 Å². The summed E-state index contributed by atoms with van der Waals surface area (Å²) in [6.45, 7) is 6.51. The van der Waals surface area contributed by atoms with Gasteiger partial charge < -0.3 is 0 Å². The zero-order valence-electron chi connectivity index (χ0n) is 15.5. The Labute approximate surface area is 178 Å². The molecule has 2 aromatic carbocycles. The molecule has 3 aromatic rings. The van der Waals surface area contributed by atoms with Crippen LogP contribution in [0.2, 0.25) is 5.02 Å². The predicted molar refractivity (Wildman–Crippen MR) is 118 cm³/mol. The van der Waals surface area contributed by atoms with E-state index in [1.165, 1.54) is 5.56 Å². The SMILES string of the molecule is C=CCn1c(CSc2ccc(C)cc2)nn(CC(=O)c2ccc(Cl)cc2)c1=S. The first kappa shape index (κ1) is 20.6. The molecular weight excluding hydrogens is 410 g/mol. The second kappa shape index (κ2) is 9.37. The van der Waals surface area contributed by atoms with Crippen LogP contribution >= 0.6 is 35.6 Å². The molecule has 0 aliphatic heterocycles. The molecule has 0 atom stereocenters. The number of ketones is 1. The second-order valence-corrected chi connectivity index (χ2v) is 8.14. The molecular formula is C21H20ClN3OS2. The summed E-state index contributed by atoms with van der Waals surface area (Å²) in [6.07, 6.45) is 1.78. The topological polar surface area (TPSA) is 39.8 Å². The number of allylic oxidation sites excluding steroid dienone is 1. The number of aryl methyl sites for hydroxylation is 1. The van der Waals surface area contributed by atoms with Crippen molar-refractivity contribution in [1.29, 1.82) is 0 Å². The number of carbonyl (C=O) groups excluding carboxylic acids is 1. The normalized spacial score (nSPS) is 10.8. The molecule has 0 aliphatic carbocycles. The number of hydrogen-bond donors (Lipinski definition) is 0. The lowest BCUT2D eigenvalue weighted by atomic mass is 10.1. The molecule has 0 N–H and O–H groups in total. The van der Waals surface area contributed by atoms with E-state index < -0.39 is 0 Å². The van der Waals surface area contributed by atoms with Gasteiger partial charge in [-0.1, -0.05) is 35.4 Å². The molecule has 0 unspecified atom stereocenters. The summed E-state index contributed by atoms with van der Waals surface area (Å²) in [6, 6.07) is 15.2. The zero-order valence-corrected chi connectivity index (χ0v) is 17.9. The Bertz CT molecular complexity index is 1040. The van der Waals surface area contributed by atoms with Crippen molar-refractivity contribution in [1.82, 2.24) is 14.3 Å². The van der Waals surface area contributed by atoms with E-state index in [0.29, 0.717) is 27.7 Å². The first-order valence-electron chi connectivity index (χ1n) is 8.73. The monoisotopic (exact) mass is 429 g/mol. The van der Waals surface area contributed by atoms with Crippen molar-refractivity contribution in [2.45, 2.75) is 30.7 Å². The summed E-state index contributed by atoms with van der Waals surface area (Å²) in [7, 11) is 0. The van der Waals surface area contributed by atoms with E-state index in [2.05, 4.69) is 42.9 Å². The zero-order chi connectivity index (χ0) is 20.1. The highest BCUT2D eigenvalue weighted by molar-refractivity contribution is 7.98. The first-order chi connectivity index (χ1) is 13.5. The molecule has 0 spiro atoms. The number of benzene rings is 2. The van der Waals surface area contributed by atoms with E-state index >= 15 is 0 Å². The lowest BCUT2D eigenvalue weighted by molar-refractivity contribution is 0.0967. The number of rotatable bonds is 8. The molecule has 0 aliphatic rings. The highest BCUT2D eigenvalue weighted by Gasteiger charge is 2.14. The van der Waals surface area contributed by atoms with Gasteiger partial charge >= 0.3 is 0 Å². The van der Waals surface area contributed by atoms with E-state index in [1.807, 2.05) is 4.57 Å². The van der Waals surface area contributed by atoms with Crippen LogP contribution in [0.5, 0.6) is 0 Å². The fraction of sp³-hybridized carbons (Fsp3) is 0.190. The van der Waals surface area contributed by atoms with Gasteiger partial charge in [-0.15, -0.1) is 18.3 Å². The summed E-state index contributed by atoms with van der Waals surface area (Å²) in [5.74, 6) is 1.41. The Hall–Kier alpha value is -2.15. The minimum atomic E-state index is -0.0613. The first-order valence-corrected chi connectivity index (χ1v) is 10.5. The second-order valence-electron chi connectivity index (χ2n) is 6.29. The van der Waals surface area contributed by atoms with Gasteiger partial charge in [0, 0.05) is 22.0 Å². The van der Waals surface area contributed by atoms with Crippen LogP contribution in [0, 0.1) is 11.7 Å². The van der Waals surface area contributed by atoms with E-state index in [9.17, 15) is 4.79 Å². The van der Waals surface area contributed by atoms with Crippen LogP contribution in [-0.4, -0.2) is 20.1 Å². The van der Waals surface area contributed by atoms with Crippen LogP contribution in [0.1, 0.15) is 21.7 Å². The molecule has 0 saturated heterocycles. The number of hydrogen-bond acceptors (Lipinski definition) is 4. The molecule has 0 radical (unpaired) electrons. The molecule has 1 aromatic heterocycles. The fourth-order valence-electron chi connectivity index (χ4n) is 2.65. The number of halogens is 1. The third-order valence-electron chi connectivity index (χ3n) is 4.16. The van der Waals surface area contributed by atoms with Crippen molar-refractivity contribution in [3.63, 3.8) is 0 Å². The molecule has 0 amide bonds. The Kier molecular flexibility index (Phi) is 6.88. The van der Waals surface area contributed by atoms with Gasteiger partial charge in [-0.3, -0.25) is 9.36 Å². The standard InChI is InChI=1S/C21H20ClN3OS2/c1-3-12-24-20(14-28-18-10-4-15(2)5-11-18)23-25(21(24)27)13-19(26)16-6-8-17(22)9-7-16/h3-11H,1,12-14H2,2H3. The van der Waals surface area contributed by atoms with Gasteiger partial charge in [-0.25, -0.2) is 4.68 Å². The highest BCUT2D eigenvalue weighted by Crippen LogP contribution is 2.23. The van der Waals surface area contributed by atoms with Crippen LogP contribution in [0.3, 0.4) is 0 Å². The molecule has 0 fully saturated rings. The van der Waals surface area contributed by atoms with E-state index in [4.69, 9.17) is 23.8 Å². The van der Waals surface area contributed by atoms with Crippen molar-refractivity contribution >= 4 is 41.4 Å².